The van der Waals surface area contributed by atoms with Crippen molar-refractivity contribution in [1.29, 1.82) is 0 Å². The summed E-state index contributed by atoms with van der Waals surface area (Å²) >= 11 is 3.56. The van der Waals surface area contributed by atoms with Crippen molar-refractivity contribution in [3.8, 4) is 0 Å². The number of alkyl halides is 1. The van der Waals surface area contributed by atoms with Crippen LogP contribution in [0.1, 0.15) is 19.8 Å². The number of ether oxygens (including phenoxy) is 1. The van der Waals surface area contributed by atoms with E-state index in [4.69, 9.17) is 4.74 Å². The van der Waals surface area contributed by atoms with Crippen LogP contribution in [0.25, 0.3) is 0 Å². The Hall–Kier alpha value is 0.400. The Morgan fingerprint density at radius 3 is 2.85 bits per heavy atom. The van der Waals surface area contributed by atoms with Gasteiger partial charge in [0.25, 0.3) is 0 Å². The summed E-state index contributed by atoms with van der Waals surface area (Å²) in [5, 5.41) is 1.12. The van der Waals surface area contributed by atoms with E-state index >= 15 is 0 Å². The summed E-state index contributed by atoms with van der Waals surface area (Å²) in [5.74, 6) is 0.801. The zero-order chi connectivity index (χ0) is 9.68. The van der Waals surface area contributed by atoms with E-state index in [2.05, 4.69) is 27.8 Å². The van der Waals surface area contributed by atoms with Crippen molar-refractivity contribution in [2.45, 2.75) is 25.9 Å². The van der Waals surface area contributed by atoms with Gasteiger partial charge in [0.2, 0.25) is 0 Å². The van der Waals surface area contributed by atoms with Gasteiger partial charge < -0.3 is 9.64 Å². The summed E-state index contributed by atoms with van der Waals surface area (Å²) in [7, 11) is 1.82. The molecule has 0 aromatic rings. The van der Waals surface area contributed by atoms with Gasteiger partial charge in [-0.15, -0.1) is 0 Å². The summed E-state index contributed by atoms with van der Waals surface area (Å²) in [4.78, 5) is 2.52. The summed E-state index contributed by atoms with van der Waals surface area (Å²) in [6, 6.07) is 0. The number of halogens is 1. The number of likely N-dealkylation sites (tertiary alicyclic amines) is 1. The molecule has 78 valence electrons. The molecule has 0 N–H and O–H groups in total. The van der Waals surface area contributed by atoms with E-state index in [1.807, 2.05) is 7.11 Å². The lowest BCUT2D eigenvalue weighted by Crippen LogP contribution is -2.29. The standard InChI is InChI=1S/C10H20BrNO/c1-3-9(6-11)7-12-5-4-10(8-12)13-2/h9-10H,3-8H2,1-2H3. The average Bonchev–Trinajstić information content (AvgIpc) is 2.61. The third-order valence-corrected chi connectivity index (χ3v) is 3.79. The maximum absolute atomic E-state index is 5.34. The van der Waals surface area contributed by atoms with Crippen molar-refractivity contribution >= 4 is 15.9 Å². The van der Waals surface area contributed by atoms with E-state index < -0.39 is 0 Å². The molecule has 0 amide bonds. The van der Waals surface area contributed by atoms with Gasteiger partial charge in [0, 0.05) is 32.1 Å². The molecule has 0 radical (unpaired) electrons. The Labute approximate surface area is 89.8 Å². The van der Waals surface area contributed by atoms with Crippen molar-refractivity contribution in [1.82, 2.24) is 4.90 Å². The van der Waals surface area contributed by atoms with E-state index in [1.54, 1.807) is 0 Å². The Bertz CT molecular complexity index is 139. The number of hydrogen-bond donors (Lipinski definition) is 0. The van der Waals surface area contributed by atoms with Crippen LogP contribution in [0.4, 0.5) is 0 Å². The second-order valence-electron chi connectivity index (χ2n) is 3.83. The molecule has 1 saturated heterocycles. The lowest BCUT2D eigenvalue weighted by molar-refractivity contribution is 0.106. The lowest BCUT2D eigenvalue weighted by Gasteiger charge is -2.20. The van der Waals surface area contributed by atoms with Crippen LogP contribution in [-0.4, -0.2) is 43.1 Å². The highest BCUT2D eigenvalue weighted by atomic mass is 79.9. The minimum atomic E-state index is 0.479. The molecule has 2 nitrogen and oxygen atoms in total. The van der Waals surface area contributed by atoms with Crippen LogP contribution in [0, 0.1) is 5.92 Å². The highest BCUT2D eigenvalue weighted by Gasteiger charge is 2.23. The first-order chi connectivity index (χ1) is 6.30. The number of nitrogens with zero attached hydrogens (tertiary/aromatic N) is 1. The topological polar surface area (TPSA) is 12.5 Å². The molecule has 1 fully saturated rings. The molecule has 1 rings (SSSR count). The van der Waals surface area contributed by atoms with E-state index in [0.717, 1.165) is 17.8 Å². The monoisotopic (exact) mass is 249 g/mol. The molecule has 0 spiro atoms. The smallest absolute Gasteiger partial charge is 0.0710 e. The third-order valence-electron chi connectivity index (χ3n) is 2.87. The van der Waals surface area contributed by atoms with Crippen molar-refractivity contribution in [3.05, 3.63) is 0 Å². The maximum atomic E-state index is 5.34. The predicted octanol–water partition coefficient (Wildman–Crippen LogP) is 2.13. The van der Waals surface area contributed by atoms with Gasteiger partial charge in [0.05, 0.1) is 6.10 Å². The molecule has 13 heavy (non-hydrogen) atoms. The van der Waals surface area contributed by atoms with Crippen molar-refractivity contribution in [2.24, 2.45) is 5.92 Å². The van der Waals surface area contributed by atoms with E-state index in [-0.39, 0.29) is 0 Å². The van der Waals surface area contributed by atoms with Crippen LogP contribution >= 0.6 is 15.9 Å². The quantitative estimate of drug-likeness (QED) is 0.693. The molecular formula is C10H20BrNO. The average molecular weight is 250 g/mol. The van der Waals surface area contributed by atoms with E-state index in [0.29, 0.717) is 6.10 Å². The van der Waals surface area contributed by atoms with Crippen LogP contribution in [0.15, 0.2) is 0 Å². The van der Waals surface area contributed by atoms with Crippen LogP contribution in [0.5, 0.6) is 0 Å². The fourth-order valence-electron chi connectivity index (χ4n) is 1.81. The minimum absolute atomic E-state index is 0.479. The molecule has 0 bridgehead atoms. The fourth-order valence-corrected chi connectivity index (χ4v) is 2.47. The van der Waals surface area contributed by atoms with Crippen molar-refractivity contribution in [3.63, 3.8) is 0 Å². The van der Waals surface area contributed by atoms with Gasteiger partial charge in [0.1, 0.15) is 0 Å². The Morgan fingerprint density at radius 1 is 1.62 bits per heavy atom. The van der Waals surface area contributed by atoms with E-state index in [9.17, 15) is 0 Å². The Kier molecular flexibility index (Phi) is 5.29. The second-order valence-corrected chi connectivity index (χ2v) is 4.48. The van der Waals surface area contributed by atoms with Crippen LogP contribution in [0.2, 0.25) is 0 Å². The zero-order valence-electron chi connectivity index (χ0n) is 8.63. The van der Waals surface area contributed by atoms with Gasteiger partial charge in [0.15, 0.2) is 0 Å². The predicted molar refractivity (Wildman–Crippen MR) is 59.4 cm³/mol. The van der Waals surface area contributed by atoms with Crippen molar-refractivity contribution in [2.75, 3.05) is 32.1 Å². The van der Waals surface area contributed by atoms with Crippen LogP contribution in [0.3, 0.4) is 0 Å². The summed E-state index contributed by atoms with van der Waals surface area (Å²) in [6.07, 6.45) is 2.95. The van der Waals surface area contributed by atoms with Gasteiger partial charge in [-0.3, -0.25) is 0 Å². The summed E-state index contributed by atoms with van der Waals surface area (Å²) in [6.45, 7) is 5.82. The van der Waals surface area contributed by atoms with Gasteiger partial charge in [-0.1, -0.05) is 29.3 Å². The first-order valence-electron chi connectivity index (χ1n) is 5.11. The minimum Gasteiger partial charge on any atom is -0.380 e. The zero-order valence-corrected chi connectivity index (χ0v) is 10.2. The molecule has 0 saturated carbocycles. The van der Waals surface area contributed by atoms with Crippen LogP contribution in [-0.2, 0) is 4.74 Å². The number of rotatable bonds is 5. The molecule has 0 aliphatic carbocycles. The van der Waals surface area contributed by atoms with Gasteiger partial charge in [-0.25, -0.2) is 0 Å². The SMILES string of the molecule is CCC(CBr)CN1CCC(OC)C1. The highest BCUT2D eigenvalue weighted by Crippen LogP contribution is 2.16. The first kappa shape index (κ1) is 11.5. The second kappa shape index (κ2) is 5.99. The van der Waals surface area contributed by atoms with Crippen LogP contribution < -0.4 is 0 Å². The molecule has 2 unspecified atom stereocenters. The third kappa shape index (κ3) is 3.56. The molecule has 3 heteroatoms. The summed E-state index contributed by atoms with van der Waals surface area (Å²) < 4.78 is 5.34. The Morgan fingerprint density at radius 2 is 2.38 bits per heavy atom. The first-order valence-corrected chi connectivity index (χ1v) is 6.23. The molecule has 2 atom stereocenters. The largest absolute Gasteiger partial charge is 0.380 e. The van der Waals surface area contributed by atoms with E-state index in [1.165, 1.54) is 25.9 Å². The molecular weight excluding hydrogens is 230 g/mol. The maximum Gasteiger partial charge on any atom is 0.0710 e. The molecule has 1 heterocycles. The lowest BCUT2D eigenvalue weighted by atomic mass is 10.1. The van der Waals surface area contributed by atoms with Gasteiger partial charge in [-0.05, 0) is 12.3 Å². The molecule has 0 aromatic carbocycles. The molecule has 0 aromatic heterocycles. The number of methoxy groups -OCH3 is 1. The Balaban J connectivity index is 2.22. The fraction of sp³-hybridized carbons (Fsp3) is 1.00. The molecule has 1 aliphatic heterocycles. The summed E-state index contributed by atoms with van der Waals surface area (Å²) in [5.41, 5.74) is 0. The van der Waals surface area contributed by atoms with Crippen molar-refractivity contribution < 1.29 is 4.74 Å². The molecule has 1 aliphatic rings. The highest BCUT2D eigenvalue weighted by molar-refractivity contribution is 9.09. The number of hydrogen-bond acceptors (Lipinski definition) is 2. The van der Waals surface area contributed by atoms with Gasteiger partial charge in [-0.2, -0.15) is 0 Å². The van der Waals surface area contributed by atoms with Gasteiger partial charge >= 0.3 is 0 Å². The normalized spacial score (nSPS) is 26.5.